The van der Waals surface area contributed by atoms with Crippen LogP contribution in [0.3, 0.4) is 0 Å². The molecule has 0 aliphatic carbocycles. The highest BCUT2D eigenvalue weighted by Gasteiger charge is 2.18. The normalized spacial score (nSPS) is 10.9. The number of ether oxygens (including phenoxy) is 1. The van der Waals surface area contributed by atoms with Crippen molar-refractivity contribution in [3.8, 4) is 5.75 Å². The van der Waals surface area contributed by atoms with Crippen molar-refractivity contribution in [2.75, 3.05) is 6.61 Å². The lowest BCUT2D eigenvalue weighted by Crippen LogP contribution is -2.03. The first-order valence-electron chi connectivity index (χ1n) is 8.77. The molecular formula is C20H22N2O5. The van der Waals surface area contributed by atoms with E-state index in [1.165, 1.54) is 24.6 Å². The van der Waals surface area contributed by atoms with Gasteiger partial charge in [0.25, 0.3) is 0 Å². The first kappa shape index (κ1) is 20.1. The average Bonchev–Trinajstić information content (AvgIpc) is 2.66. The van der Waals surface area contributed by atoms with Crippen LogP contribution in [0.15, 0.2) is 52.7 Å². The summed E-state index contributed by atoms with van der Waals surface area (Å²) >= 11 is 0. The third-order valence-electron chi connectivity index (χ3n) is 3.85. The molecule has 142 valence electrons. The van der Waals surface area contributed by atoms with Crippen molar-refractivity contribution in [3.63, 3.8) is 0 Å². The van der Waals surface area contributed by atoms with Gasteiger partial charge in [-0.2, -0.15) is 5.11 Å². The molecule has 0 radical (unpaired) electrons. The predicted octanol–water partition coefficient (Wildman–Crippen LogP) is 5.46. The number of rotatable bonds is 10. The van der Waals surface area contributed by atoms with Gasteiger partial charge < -0.3 is 14.9 Å². The first-order chi connectivity index (χ1) is 13.0. The Morgan fingerprint density at radius 2 is 1.59 bits per heavy atom. The number of nitrogens with zero attached hydrogens (tertiary/aromatic N) is 2. The third kappa shape index (κ3) is 5.91. The number of carboxylic acids is 2. The Kier molecular flexibility index (Phi) is 7.49. The van der Waals surface area contributed by atoms with Crippen LogP contribution in [0.5, 0.6) is 5.75 Å². The van der Waals surface area contributed by atoms with Gasteiger partial charge in [0.15, 0.2) is 0 Å². The molecule has 2 rings (SSSR count). The molecule has 0 saturated heterocycles. The van der Waals surface area contributed by atoms with E-state index in [0.29, 0.717) is 18.0 Å². The molecule has 0 atom stereocenters. The highest BCUT2D eigenvalue weighted by atomic mass is 16.5. The number of aromatic carboxylic acids is 2. The van der Waals surface area contributed by atoms with E-state index in [-0.39, 0.29) is 16.8 Å². The van der Waals surface area contributed by atoms with Gasteiger partial charge in [-0.1, -0.05) is 38.3 Å². The molecule has 2 aromatic rings. The van der Waals surface area contributed by atoms with Gasteiger partial charge in [0.05, 0.1) is 23.4 Å². The minimum Gasteiger partial charge on any atom is -0.494 e. The van der Waals surface area contributed by atoms with Crippen LogP contribution in [-0.4, -0.2) is 28.8 Å². The fourth-order valence-corrected chi connectivity index (χ4v) is 2.46. The summed E-state index contributed by atoms with van der Waals surface area (Å²) in [7, 11) is 0. The second-order valence-corrected chi connectivity index (χ2v) is 5.92. The Balaban J connectivity index is 2.17. The number of hydrogen-bond donors (Lipinski definition) is 2. The summed E-state index contributed by atoms with van der Waals surface area (Å²) in [6, 6.07) is 10.8. The first-order valence-corrected chi connectivity index (χ1v) is 8.77. The van der Waals surface area contributed by atoms with Crippen molar-refractivity contribution in [3.05, 3.63) is 53.6 Å². The van der Waals surface area contributed by atoms with Gasteiger partial charge >= 0.3 is 11.9 Å². The largest absolute Gasteiger partial charge is 0.494 e. The maximum Gasteiger partial charge on any atom is 0.337 e. The fraction of sp³-hybridized carbons (Fsp3) is 0.300. The van der Waals surface area contributed by atoms with Crippen LogP contribution in [0.2, 0.25) is 0 Å². The fourth-order valence-electron chi connectivity index (χ4n) is 2.46. The minimum atomic E-state index is -1.27. The van der Waals surface area contributed by atoms with Crippen LogP contribution in [0.25, 0.3) is 0 Å². The highest BCUT2D eigenvalue weighted by Crippen LogP contribution is 2.28. The summed E-state index contributed by atoms with van der Waals surface area (Å²) in [4.78, 5) is 22.7. The van der Waals surface area contributed by atoms with E-state index >= 15 is 0 Å². The van der Waals surface area contributed by atoms with Crippen molar-refractivity contribution in [1.82, 2.24) is 0 Å². The smallest absolute Gasteiger partial charge is 0.337 e. The SMILES string of the molecule is CCCCCCOc1cccc(N=Nc2c(C(=O)O)cccc2C(=O)O)c1. The Morgan fingerprint density at radius 1 is 0.926 bits per heavy atom. The lowest BCUT2D eigenvalue weighted by molar-refractivity contribution is 0.0696. The molecule has 0 amide bonds. The number of carboxylic acid groups (broad SMARTS) is 2. The van der Waals surface area contributed by atoms with Crippen LogP contribution in [0.4, 0.5) is 11.4 Å². The number of azo groups is 1. The van der Waals surface area contributed by atoms with Gasteiger partial charge in [0.1, 0.15) is 11.4 Å². The van der Waals surface area contributed by atoms with Crippen molar-refractivity contribution in [1.29, 1.82) is 0 Å². The van der Waals surface area contributed by atoms with E-state index in [2.05, 4.69) is 17.2 Å². The number of hydrogen-bond acceptors (Lipinski definition) is 5. The van der Waals surface area contributed by atoms with Crippen molar-refractivity contribution in [2.45, 2.75) is 32.6 Å². The molecule has 0 aromatic heterocycles. The zero-order valence-corrected chi connectivity index (χ0v) is 15.1. The zero-order valence-electron chi connectivity index (χ0n) is 15.1. The monoisotopic (exact) mass is 370 g/mol. The Hall–Kier alpha value is -3.22. The molecule has 0 unspecified atom stereocenters. The topological polar surface area (TPSA) is 109 Å². The molecule has 7 nitrogen and oxygen atoms in total. The molecule has 0 bridgehead atoms. The molecule has 0 fully saturated rings. The standard InChI is InChI=1S/C20H22N2O5/c1-2-3-4-5-12-27-15-9-6-8-14(13-15)21-22-18-16(19(23)24)10-7-11-17(18)20(25)26/h6-11,13H,2-5,12H2,1H3,(H,23,24)(H,25,26). The lowest BCUT2D eigenvalue weighted by atomic mass is 10.1. The summed E-state index contributed by atoms with van der Waals surface area (Å²) in [6.07, 6.45) is 4.41. The Bertz CT molecular complexity index is 801. The van der Waals surface area contributed by atoms with E-state index in [1.807, 2.05) is 0 Å². The second kappa shape index (κ2) is 10.1. The second-order valence-electron chi connectivity index (χ2n) is 5.92. The summed E-state index contributed by atoms with van der Waals surface area (Å²) in [5.41, 5.74) is -0.190. The molecule has 0 heterocycles. The van der Waals surface area contributed by atoms with E-state index in [9.17, 15) is 19.8 Å². The van der Waals surface area contributed by atoms with Gasteiger partial charge in [-0.05, 0) is 30.7 Å². The van der Waals surface area contributed by atoms with Crippen LogP contribution < -0.4 is 4.74 Å². The maximum atomic E-state index is 11.3. The summed E-state index contributed by atoms with van der Waals surface area (Å²) in [6.45, 7) is 2.75. The van der Waals surface area contributed by atoms with Gasteiger partial charge in [-0.15, -0.1) is 5.11 Å². The summed E-state index contributed by atoms with van der Waals surface area (Å²) in [5, 5.41) is 26.4. The van der Waals surface area contributed by atoms with E-state index < -0.39 is 11.9 Å². The van der Waals surface area contributed by atoms with Crippen LogP contribution >= 0.6 is 0 Å². The Morgan fingerprint density at radius 3 is 2.22 bits per heavy atom. The van der Waals surface area contributed by atoms with Gasteiger partial charge in [-0.25, -0.2) is 9.59 Å². The van der Waals surface area contributed by atoms with E-state index in [4.69, 9.17) is 4.74 Å². The predicted molar refractivity (Wildman–Crippen MR) is 101 cm³/mol. The van der Waals surface area contributed by atoms with E-state index in [1.54, 1.807) is 24.3 Å². The highest BCUT2D eigenvalue weighted by molar-refractivity contribution is 6.02. The zero-order chi connectivity index (χ0) is 19.6. The van der Waals surface area contributed by atoms with Crippen LogP contribution in [0, 0.1) is 0 Å². The molecular weight excluding hydrogens is 348 g/mol. The quantitative estimate of drug-likeness (QED) is 0.426. The molecule has 0 saturated carbocycles. The molecule has 0 aliphatic rings. The molecule has 0 spiro atoms. The number of benzene rings is 2. The van der Waals surface area contributed by atoms with Crippen molar-refractivity contribution < 1.29 is 24.5 Å². The molecule has 27 heavy (non-hydrogen) atoms. The van der Waals surface area contributed by atoms with Gasteiger partial charge in [-0.3, -0.25) is 0 Å². The number of carbonyl (C=O) groups is 2. The third-order valence-corrected chi connectivity index (χ3v) is 3.85. The molecule has 0 aliphatic heterocycles. The lowest BCUT2D eigenvalue weighted by Gasteiger charge is -2.06. The van der Waals surface area contributed by atoms with Crippen LogP contribution in [-0.2, 0) is 0 Å². The maximum absolute atomic E-state index is 11.3. The van der Waals surface area contributed by atoms with Crippen LogP contribution in [0.1, 0.15) is 53.3 Å². The van der Waals surface area contributed by atoms with Gasteiger partial charge in [0, 0.05) is 6.07 Å². The number of unbranched alkanes of at least 4 members (excludes halogenated alkanes) is 3. The summed E-state index contributed by atoms with van der Waals surface area (Å²) in [5.74, 6) is -1.90. The van der Waals surface area contributed by atoms with Crippen molar-refractivity contribution in [2.24, 2.45) is 10.2 Å². The molecule has 2 aromatic carbocycles. The Labute approximate surface area is 157 Å². The molecule has 7 heteroatoms. The summed E-state index contributed by atoms with van der Waals surface area (Å²) < 4.78 is 5.68. The van der Waals surface area contributed by atoms with E-state index in [0.717, 1.165) is 19.3 Å². The van der Waals surface area contributed by atoms with Crippen molar-refractivity contribution >= 4 is 23.3 Å². The molecule has 2 N–H and O–H groups in total. The average molecular weight is 370 g/mol. The minimum absolute atomic E-state index is 0.191. The van der Waals surface area contributed by atoms with Gasteiger partial charge in [0.2, 0.25) is 0 Å².